The summed E-state index contributed by atoms with van der Waals surface area (Å²) in [6.45, 7) is 3.50. The van der Waals surface area contributed by atoms with E-state index >= 15 is 0 Å². The maximum Gasteiger partial charge on any atom is 0.433 e. The van der Waals surface area contributed by atoms with Gasteiger partial charge in [-0.25, -0.2) is 15.0 Å². The Balaban J connectivity index is 1.94. The van der Waals surface area contributed by atoms with Crippen molar-refractivity contribution in [3.05, 3.63) is 65.3 Å². The van der Waals surface area contributed by atoms with Gasteiger partial charge in [0.15, 0.2) is 0 Å². The molecule has 0 aliphatic carbocycles. The van der Waals surface area contributed by atoms with Crippen molar-refractivity contribution in [1.29, 1.82) is 0 Å². The van der Waals surface area contributed by atoms with E-state index in [1.54, 1.807) is 19.2 Å². The Morgan fingerprint density at radius 2 is 1.76 bits per heavy atom. The number of hydrogen-bond donors (Lipinski definition) is 0. The lowest BCUT2D eigenvalue weighted by Gasteiger charge is -2.07. The smallest absolute Gasteiger partial charge is 0.271 e. The second-order valence-corrected chi connectivity index (χ2v) is 5.22. The molecule has 3 aromatic heterocycles. The number of halogens is 3. The second kappa shape index (κ2) is 6.36. The fourth-order valence-corrected chi connectivity index (χ4v) is 2.12. The van der Waals surface area contributed by atoms with Gasteiger partial charge in [-0.1, -0.05) is 5.92 Å². The first-order valence-electron chi connectivity index (χ1n) is 7.24. The summed E-state index contributed by atoms with van der Waals surface area (Å²) < 4.78 is 39.7. The Kier molecular flexibility index (Phi) is 4.23. The second-order valence-electron chi connectivity index (χ2n) is 5.22. The number of alkyl halides is 3. The first-order valence-corrected chi connectivity index (χ1v) is 7.24. The minimum absolute atomic E-state index is 0.104. The van der Waals surface area contributed by atoms with E-state index in [9.17, 15) is 13.2 Å². The van der Waals surface area contributed by atoms with Crippen LogP contribution in [0.5, 0.6) is 0 Å². The molecule has 8 heteroatoms. The molecule has 0 saturated carbocycles. The van der Waals surface area contributed by atoms with Gasteiger partial charge >= 0.3 is 6.18 Å². The maximum absolute atomic E-state index is 12.8. The normalized spacial score (nSPS) is 11.1. The SMILES string of the molecule is Cc1cc(C#Cc2cn(-c3nccc(C(F)(F)F)n3)c(C)n2)ccn1. The van der Waals surface area contributed by atoms with Crippen LogP contribution in [-0.2, 0) is 6.18 Å². The van der Waals surface area contributed by atoms with Crippen LogP contribution in [0.1, 0.15) is 28.5 Å². The van der Waals surface area contributed by atoms with Crippen LogP contribution < -0.4 is 0 Å². The molecule has 0 atom stereocenters. The number of aryl methyl sites for hydroxylation is 2. The monoisotopic (exact) mass is 343 g/mol. The molecule has 0 amide bonds. The number of nitrogens with zero attached hydrogens (tertiary/aromatic N) is 5. The van der Waals surface area contributed by atoms with Crippen molar-refractivity contribution in [1.82, 2.24) is 24.5 Å². The highest BCUT2D eigenvalue weighted by Crippen LogP contribution is 2.27. The molecule has 3 rings (SSSR count). The van der Waals surface area contributed by atoms with Crippen LogP contribution in [0.3, 0.4) is 0 Å². The highest BCUT2D eigenvalue weighted by atomic mass is 19.4. The summed E-state index contributed by atoms with van der Waals surface area (Å²) in [4.78, 5) is 15.7. The maximum atomic E-state index is 12.8. The molecule has 0 N–H and O–H groups in total. The molecule has 126 valence electrons. The third-order valence-electron chi connectivity index (χ3n) is 3.26. The van der Waals surface area contributed by atoms with Gasteiger partial charge in [0.2, 0.25) is 5.95 Å². The Bertz CT molecular complexity index is 980. The number of imidazole rings is 1. The summed E-state index contributed by atoms with van der Waals surface area (Å²) >= 11 is 0. The summed E-state index contributed by atoms with van der Waals surface area (Å²) in [5.41, 5.74) is 1.01. The van der Waals surface area contributed by atoms with Crippen LogP contribution in [0, 0.1) is 25.7 Å². The van der Waals surface area contributed by atoms with Gasteiger partial charge in [0.25, 0.3) is 0 Å². The van der Waals surface area contributed by atoms with Crippen molar-refractivity contribution in [2.75, 3.05) is 0 Å². The molecule has 0 spiro atoms. The molecule has 0 aromatic carbocycles. The number of pyridine rings is 1. The number of hydrogen-bond acceptors (Lipinski definition) is 4. The Morgan fingerprint density at radius 3 is 2.48 bits per heavy atom. The molecular weight excluding hydrogens is 331 g/mol. The van der Waals surface area contributed by atoms with Crippen LogP contribution in [0.4, 0.5) is 13.2 Å². The molecule has 0 unspecified atom stereocenters. The van der Waals surface area contributed by atoms with Crippen LogP contribution in [0.25, 0.3) is 5.95 Å². The van der Waals surface area contributed by atoms with E-state index < -0.39 is 11.9 Å². The van der Waals surface area contributed by atoms with E-state index in [0.717, 1.165) is 23.5 Å². The molecular formula is C17H12F3N5. The minimum Gasteiger partial charge on any atom is -0.271 e. The molecule has 0 saturated heterocycles. The summed E-state index contributed by atoms with van der Waals surface area (Å²) in [6.07, 6.45) is -0.310. The lowest BCUT2D eigenvalue weighted by molar-refractivity contribution is -0.141. The van der Waals surface area contributed by atoms with E-state index in [4.69, 9.17) is 0 Å². The first-order chi connectivity index (χ1) is 11.8. The Labute approximate surface area is 141 Å². The quantitative estimate of drug-likeness (QED) is 0.637. The van der Waals surface area contributed by atoms with E-state index in [1.165, 1.54) is 10.8 Å². The van der Waals surface area contributed by atoms with Gasteiger partial charge in [0, 0.05) is 29.8 Å². The summed E-state index contributed by atoms with van der Waals surface area (Å²) in [5.74, 6) is 6.15. The summed E-state index contributed by atoms with van der Waals surface area (Å²) in [6, 6.07) is 4.41. The van der Waals surface area contributed by atoms with Gasteiger partial charge in [0.1, 0.15) is 17.2 Å². The standard InChI is InChI=1S/C17H12F3N5/c1-11-9-13(5-7-21-11)3-4-14-10-25(12(2)23-14)16-22-8-6-15(24-16)17(18,19)20/h5-10H,1-2H3. The van der Waals surface area contributed by atoms with Gasteiger partial charge in [-0.3, -0.25) is 9.55 Å². The van der Waals surface area contributed by atoms with Gasteiger partial charge in [-0.05, 0) is 38.0 Å². The zero-order valence-corrected chi connectivity index (χ0v) is 13.3. The first kappa shape index (κ1) is 16.6. The average Bonchev–Trinajstić information content (AvgIpc) is 2.93. The van der Waals surface area contributed by atoms with Gasteiger partial charge in [0.05, 0.1) is 0 Å². The third-order valence-corrected chi connectivity index (χ3v) is 3.26. The average molecular weight is 343 g/mol. The van der Waals surface area contributed by atoms with Crippen molar-refractivity contribution >= 4 is 0 Å². The lowest BCUT2D eigenvalue weighted by atomic mass is 10.2. The number of rotatable bonds is 1. The fourth-order valence-electron chi connectivity index (χ4n) is 2.12. The van der Waals surface area contributed by atoms with Crippen molar-refractivity contribution in [3.63, 3.8) is 0 Å². The van der Waals surface area contributed by atoms with Crippen molar-refractivity contribution < 1.29 is 13.2 Å². The van der Waals surface area contributed by atoms with Crippen molar-refractivity contribution in [2.45, 2.75) is 20.0 Å². The Morgan fingerprint density at radius 1 is 1.00 bits per heavy atom. The molecule has 0 aliphatic rings. The minimum atomic E-state index is -4.53. The third kappa shape index (κ3) is 3.83. The van der Waals surface area contributed by atoms with Crippen molar-refractivity contribution in [2.24, 2.45) is 0 Å². The molecule has 0 aliphatic heterocycles. The van der Waals surface area contributed by atoms with E-state index in [2.05, 4.69) is 31.8 Å². The van der Waals surface area contributed by atoms with Gasteiger partial charge in [-0.2, -0.15) is 13.2 Å². The molecule has 3 aromatic rings. The van der Waals surface area contributed by atoms with E-state index in [1.807, 2.05) is 13.0 Å². The molecule has 0 bridgehead atoms. The number of aromatic nitrogens is 5. The van der Waals surface area contributed by atoms with Crippen LogP contribution in [0.15, 0.2) is 36.8 Å². The van der Waals surface area contributed by atoms with E-state index in [0.29, 0.717) is 11.5 Å². The van der Waals surface area contributed by atoms with Crippen LogP contribution in [0.2, 0.25) is 0 Å². The molecule has 0 fully saturated rings. The zero-order chi connectivity index (χ0) is 18.0. The summed E-state index contributed by atoms with van der Waals surface area (Å²) in [5, 5.41) is 0. The predicted octanol–water partition coefficient (Wildman–Crippen LogP) is 3.09. The molecule has 3 heterocycles. The molecule has 5 nitrogen and oxygen atoms in total. The highest BCUT2D eigenvalue weighted by molar-refractivity contribution is 5.40. The predicted molar refractivity (Wildman–Crippen MR) is 83.8 cm³/mol. The van der Waals surface area contributed by atoms with Crippen molar-refractivity contribution in [3.8, 4) is 17.8 Å². The topological polar surface area (TPSA) is 56.5 Å². The summed E-state index contributed by atoms with van der Waals surface area (Å²) in [7, 11) is 0. The van der Waals surface area contributed by atoms with E-state index in [-0.39, 0.29) is 5.95 Å². The fraction of sp³-hybridized carbons (Fsp3) is 0.176. The Hall–Kier alpha value is -3.21. The van der Waals surface area contributed by atoms with Gasteiger partial charge < -0.3 is 0 Å². The highest BCUT2D eigenvalue weighted by Gasteiger charge is 2.33. The zero-order valence-electron chi connectivity index (χ0n) is 13.3. The molecule has 25 heavy (non-hydrogen) atoms. The largest absolute Gasteiger partial charge is 0.433 e. The molecule has 0 radical (unpaired) electrons. The lowest BCUT2D eigenvalue weighted by Crippen LogP contribution is -2.11. The van der Waals surface area contributed by atoms with Crippen LogP contribution in [-0.4, -0.2) is 24.5 Å². The van der Waals surface area contributed by atoms with Crippen LogP contribution >= 0.6 is 0 Å². The van der Waals surface area contributed by atoms with Gasteiger partial charge in [-0.15, -0.1) is 0 Å².